The second-order valence-electron chi connectivity index (χ2n) is 9.14. The third kappa shape index (κ3) is 3.78. The molecule has 200 valence electrons. The number of carboxylic acid groups (broad SMARTS) is 1. The maximum atomic E-state index is 13.5. The summed E-state index contributed by atoms with van der Waals surface area (Å²) in [6, 6.07) is 7.99. The van der Waals surface area contributed by atoms with Gasteiger partial charge >= 0.3 is 28.0 Å². The Kier molecular flexibility index (Phi) is 5.71. The first kappa shape index (κ1) is 25.6. The number of benzene rings is 2. The molecule has 5 rings (SSSR count). The summed E-state index contributed by atoms with van der Waals surface area (Å²) in [6.07, 6.45) is -3.37. The Morgan fingerprint density at radius 3 is 2.42 bits per heavy atom. The number of aromatic carboxylic acids is 1. The molecule has 0 radical (unpaired) electrons. The van der Waals surface area contributed by atoms with Crippen LogP contribution >= 0.6 is 0 Å². The maximum Gasteiger partial charge on any atom is 0.416 e. The Bertz CT molecular complexity index is 1730. The number of fused-ring (bicyclic) bond motifs is 2. The summed E-state index contributed by atoms with van der Waals surface area (Å²) >= 11 is 0. The lowest BCUT2D eigenvalue weighted by molar-refractivity contribution is -0.138. The minimum Gasteiger partial charge on any atom is -0.477 e. The van der Waals surface area contributed by atoms with Crippen molar-refractivity contribution in [2.24, 2.45) is 0 Å². The number of rotatable bonds is 4. The van der Waals surface area contributed by atoms with Gasteiger partial charge in [-0.2, -0.15) is 21.6 Å². The lowest BCUT2D eigenvalue weighted by Gasteiger charge is -2.17. The summed E-state index contributed by atoms with van der Waals surface area (Å²) in [6.45, 7) is -0.324. The topological polar surface area (TPSA) is 122 Å². The highest BCUT2D eigenvalue weighted by Crippen LogP contribution is 2.42. The van der Waals surface area contributed by atoms with E-state index in [4.69, 9.17) is 0 Å². The number of alkyl halides is 3. The summed E-state index contributed by atoms with van der Waals surface area (Å²) in [7, 11) is -1.14. The fourth-order valence-electron chi connectivity index (χ4n) is 5.12. The van der Waals surface area contributed by atoms with Gasteiger partial charge in [0, 0.05) is 32.8 Å². The monoisotopic (exact) mass is 550 g/mol. The zero-order chi connectivity index (χ0) is 27.7. The van der Waals surface area contributed by atoms with Gasteiger partial charge in [-0.3, -0.25) is 22.5 Å². The Hall–Kier alpha value is -4.07. The van der Waals surface area contributed by atoms with Crippen LogP contribution in [0, 0.1) is 0 Å². The van der Waals surface area contributed by atoms with E-state index in [1.54, 1.807) is 0 Å². The van der Waals surface area contributed by atoms with Crippen molar-refractivity contribution in [2.45, 2.75) is 31.5 Å². The van der Waals surface area contributed by atoms with E-state index in [2.05, 4.69) is 0 Å². The predicted octanol–water partition coefficient (Wildman–Crippen LogP) is 2.58. The van der Waals surface area contributed by atoms with Gasteiger partial charge in [0.1, 0.15) is 5.56 Å². The van der Waals surface area contributed by atoms with E-state index < -0.39 is 50.6 Å². The number of carbonyl (C=O) groups is 1. The normalized spacial score (nSPS) is 18.0. The molecule has 0 bridgehead atoms. The van der Waals surface area contributed by atoms with Crippen molar-refractivity contribution in [1.82, 2.24) is 9.13 Å². The molecule has 2 aromatic carbocycles. The zero-order valence-electron chi connectivity index (χ0n) is 20.1. The van der Waals surface area contributed by atoms with Gasteiger partial charge in [-0.05, 0) is 48.2 Å². The molecular weight excluding hydrogens is 529 g/mol. The summed E-state index contributed by atoms with van der Waals surface area (Å²) in [4.78, 5) is 38.4. The first-order valence-electron chi connectivity index (χ1n) is 11.4. The van der Waals surface area contributed by atoms with Crippen LogP contribution in [-0.2, 0) is 29.4 Å². The summed E-state index contributed by atoms with van der Waals surface area (Å²) in [5.74, 6) is -2.22. The molecule has 0 fully saturated rings. The van der Waals surface area contributed by atoms with Gasteiger partial charge in [-0.15, -0.1) is 0 Å². The fourth-order valence-corrected chi connectivity index (χ4v) is 6.29. The van der Waals surface area contributed by atoms with Crippen LogP contribution in [0.3, 0.4) is 0 Å². The van der Waals surface area contributed by atoms with E-state index in [1.807, 2.05) is 0 Å². The second-order valence-corrected chi connectivity index (χ2v) is 11.1. The van der Waals surface area contributed by atoms with E-state index in [1.165, 1.54) is 44.4 Å². The van der Waals surface area contributed by atoms with E-state index in [0.29, 0.717) is 15.8 Å². The zero-order valence-corrected chi connectivity index (χ0v) is 20.9. The molecule has 2 aliphatic rings. The van der Waals surface area contributed by atoms with Crippen LogP contribution in [0.5, 0.6) is 0 Å². The molecule has 1 unspecified atom stereocenters. The van der Waals surface area contributed by atoms with Crippen molar-refractivity contribution >= 4 is 27.6 Å². The Labute approximate surface area is 214 Å². The molecule has 0 spiro atoms. The molecule has 14 heteroatoms. The van der Waals surface area contributed by atoms with Crippen molar-refractivity contribution < 1.29 is 31.5 Å². The van der Waals surface area contributed by atoms with E-state index in [9.17, 15) is 41.1 Å². The Balaban J connectivity index is 1.63. The minimum absolute atomic E-state index is 0.0936. The summed E-state index contributed by atoms with van der Waals surface area (Å²) in [5, 5.41) is 9.65. The molecule has 3 aromatic rings. The molecule has 0 saturated carbocycles. The highest BCUT2D eigenvalue weighted by atomic mass is 32.2. The molecule has 1 aliphatic heterocycles. The second kappa shape index (κ2) is 8.48. The molecule has 1 aliphatic carbocycles. The minimum atomic E-state index is -4.56. The van der Waals surface area contributed by atoms with Crippen LogP contribution in [0.15, 0.2) is 52.2 Å². The quantitative estimate of drug-likeness (QED) is 0.533. The molecule has 38 heavy (non-hydrogen) atoms. The van der Waals surface area contributed by atoms with Crippen LogP contribution in [0.4, 0.5) is 24.5 Å². The van der Waals surface area contributed by atoms with Crippen molar-refractivity contribution in [1.29, 1.82) is 0 Å². The largest absolute Gasteiger partial charge is 0.477 e. The standard InChI is InChI=1S/C24H21F3N4O6S/c1-28-19-9-7-14(10-20(19)29(2)38(28,36)37)30-12-17(22(33)34)21(32)31(23(30)35)11-13-6-8-16-15(13)4-3-5-18(16)24(25,26)27/h3-5,7,9-10,12-13H,6,8,11H2,1-2H3,(H,33,34). The van der Waals surface area contributed by atoms with Gasteiger partial charge < -0.3 is 5.11 Å². The molecule has 1 atom stereocenters. The van der Waals surface area contributed by atoms with Crippen LogP contribution in [0.1, 0.15) is 39.4 Å². The first-order chi connectivity index (χ1) is 17.7. The van der Waals surface area contributed by atoms with Gasteiger partial charge in [0.2, 0.25) is 0 Å². The molecule has 2 heterocycles. The SMILES string of the molecule is CN1c2ccc(-n3cc(C(=O)O)c(=O)n(CC4CCc5c4cccc5C(F)(F)F)c3=O)cc2N(C)S1(=O)=O. The highest BCUT2D eigenvalue weighted by Gasteiger charge is 2.38. The first-order valence-corrected chi connectivity index (χ1v) is 12.8. The van der Waals surface area contributed by atoms with E-state index in [-0.39, 0.29) is 36.3 Å². The molecule has 1 aromatic heterocycles. The number of anilines is 2. The summed E-state index contributed by atoms with van der Waals surface area (Å²) < 4.78 is 69.1. The highest BCUT2D eigenvalue weighted by molar-refractivity contribution is 7.94. The smallest absolute Gasteiger partial charge is 0.416 e. The predicted molar refractivity (Wildman–Crippen MR) is 131 cm³/mol. The summed E-state index contributed by atoms with van der Waals surface area (Å²) in [5.41, 5.74) is -2.36. The van der Waals surface area contributed by atoms with Crippen LogP contribution in [-0.4, -0.2) is 42.7 Å². The molecular formula is C24H21F3N4O6S. The van der Waals surface area contributed by atoms with Gasteiger partial charge in [-0.1, -0.05) is 12.1 Å². The van der Waals surface area contributed by atoms with Gasteiger partial charge in [-0.25, -0.2) is 9.59 Å². The third-order valence-corrected chi connectivity index (χ3v) is 8.89. The van der Waals surface area contributed by atoms with Crippen molar-refractivity contribution in [2.75, 3.05) is 22.7 Å². The third-order valence-electron chi connectivity index (χ3n) is 7.11. The Morgan fingerprint density at radius 1 is 1.08 bits per heavy atom. The van der Waals surface area contributed by atoms with E-state index in [0.717, 1.165) is 25.4 Å². The fraction of sp³-hybridized carbons (Fsp3) is 0.292. The molecule has 0 amide bonds. The lowest BCUT2D eigenvalue weighted by Crippen LogP contribution is -2.42. The van der Waals surface area contributed by atoms with Gasteiger partial charge in [0.15, 0.2) is 0 Å². The number of aromatic nitrogens is 2. The lowest BCUT2D eigenvalue weighted by atomic mass is 9.98. The van der Waals surface area contributed by atoms with E-state index >= 15 is 0 Å². The average molecular weight is 551 g/mol. The van der Waals surface area contributed by atoms with Crippen molar-refractivity contribution in [3.63, 3.8) is 0 Å². The molecule has 0 saturated heterocycles. The van der Waals surface area contributed by atoms with Crippen LogP contribution in [0.2, 0.25) is 0 Å². The van der Waals surface area contributed by atoms with Crippen LogP contribution < -0.4 is 19.9 Å². The van der Waals surface area contributed by atoms with Gasteiger partial charge in [0.05, 0.1) is 22.6 Å². The van der Waals surface area contributed by atoms with Gasteiger partial charge in [0.25, 0.3) is 5.56 Å². The number of carboxylic acids is 1. The average Bonchev–Trinajstić information content (AvgIpc) is 3.33. The molecule has 10 nitrogen and oxygen atoms in total. The number of hydrogen-bond acceptors (Lipinski definition) is 5. The number of hydrogen-bond donors (Lipinski definition) is 1. The number of halogens is 3. The van der Waals surface area contributed by atoms with Crippen molar-refractivity contribution in [3.05, 3.63) is 85.7 Å². The Morgan fingerprint density at radius 2 is 1.76 bits per heavy atom. The maximum absolute atomic E-state index is 13.5. The molecule has 1 N–H and O–H groups in total. The van der Waals surface area contributed by atoms with Crippen LogP contribution in [0.25, 0.3) is 5.69 Å². The van der Waals surface area contributed by atoms with Crippen molar-refractivity contribution in [3.8, 4) is 5.69 Å². The number of nitrogens with zero attached hydrogens (tertiary/aromatic N) is 4.